The van der Waals surface area contributed by atoms with Gasteiger partial charge in [0.2, 0.25) is 0 Å². The zero-order valence-electron chi connectivity index (χ0n) is 5.84. The van der Waals surface area contributed by atoms with Gasteiger partial charge in [-0.05, 0) is 0 Å². The van der Waals surface area contributed by atoms with Crippen LogP contribution in [0.1, 0.15) is 6.04 Å². The molecule has 1 aromatic rings. The van der Waals surface area contributed by atoms with Gasteiger partial charge >= 0.3 is 5.97 Å². The van der Waals surface area contributed by atoms with Gasteiger partial charge in [0.05, 0.1) is 6.33 Å². The van der Waals surface area contributed by atoms with E-state index in [4.69, 9.17) is 5.11 Å². The number of aliphatic carboxylic acids is 1. The van der Waals surface area contributed by atoms with Crippen molar-refractivity contribution in [1.29, 1.82) is 0 Å². The minimum Gasteiger partial charge on any atom is -0.479 e. The highest BCUT2D eigenvalue weighted by atomic mass is 16.4. The van der Waals surface area contributed by atoms with E-state index in [1.54, 1.807) is 6.20 Å². The maximum atomic E-state index is 10.5. The van der Waals surface area contributed by atoms with Gasteiger partial charge in [-0.15, -0.1) is 6.58 Å². The van der Waals surface area contributed by atoms with E-state index in [0.717, 1.165) is 0 Å². The van der Waals surface area contributed by atoms with Gasteiger partial charge in [-0.3, -0.25) is 0 Å². The molecule has 0 radical (unpaired) electrons. The Hall–Kier alpha value is -1.58. The number of aromatic nitrogens is 2. The lowest BCUT2D eigenvalue weighted by molar-refractivity contribution is -0.139. The Balaban J connectivity index is 2.88. The summed E-state index contributed by atoms with van der Waals surface area (Å²) in [4.78, 5) is 14.2. The third-order valence-corrected chi connectivity index (χ3v) is 1.32. The Kier molecular flexibility index (Phi) is 2.06. The minimum atomic E-state index is -0.932. The molecule has 0 saturated heterocycles. The lowest BCUT2D eigenvalue weighted by Crippen LogP contribution is -2.14. The van der Waals surface area contributed by atoms with Crippen LogP contribution in [0.2, 0.25) is 0 Å². The number of rotatable bonds is 3. The zero-order valence-corrected chi connectivity index (χ0v) is 5.84. The molecule has 58 valence electrons. The molecule has 1 rings (SSSR count). The highest BCUT2D eigenvalue weighted by Gasteiger charge is 2.13. The van der Waals surface area contributed by atoms with Gasteiger partial charge in [-0.2, -0.15) is 0 Å². The summed E-state index contributed by atoms with van der Waals surface area (Å²) in [5, 5.41) is 8.63. The van der Waals surface area contributed by atoms with Gasteiger partial charge in [0, 0.05) is 12.4 Å². The van der Waals surface area contributed by atoms with Crippen LogP contribution in [0.4, 0.5) is 0 Å². The number of carboxylic acids is 1. The molecule has 1 aromatic heterocycles. The summed E-state index contributed by atoms with van der Waals surface area (Å²) in [6, 6.07) is -0.711. The van der Waals surface area contributed by atoms with Crippen molar-refractivity contribution in [1.82, 2.24) is 9.55 Å². The summed E-state index contributed by atoms with van der Waals surface area (Å²) in [5.74, 6) is -0.932. The second-order valence-corrected chi connectivity index (χ2v) is 2.03. The Bertz CT molecular complexity index is 253. The van der Waals surface area contributed by atoms with Gasteiger partial charge in [-0.1, -0.05) is 6.08 Å². The van der Waals surface area contributed by atoms with E-state index >= 15 is 0 Å². The topological polar surface area (TPSA) is 55.1 Å². The fourth-order valence-corrected chi connectivity index (χ4v) is 0.784. The highest BCUT2D eigenvalue weighted by molar-refractivity contribution is 5.73. The van der Waals surface area contributed by atoms with E-state index < -0.39 is 12.0 Å². The lowest BCUT2D eigenvalue weighted by Gasteiger charge is -2.06. The smallest absolute Gasteiger partial charge is 0.330 e. The first-order valence-electron chi connectivity index (χ1n) is 3.08. The first kappa shape index (κ1) is 7.53. The van der Waals surface area contributed by atoms with Gasteiger partial charge in [0.25, 0.3) is 0 Å². The number of carboxylic acid groups (broad SMARTS) is 1. The Morgan fingerprint density at radius 1 is 1.82 bits per heavy atom. The minimum absolute atomic E-state index is 0.711. The molecule has 1 N–H and O–H groups in total. The number of hydrogen-bond donors (Lipinski definition) is 1. The summed E-state index contributed by atoms with van der Waals surface area (Å²) in [5.41, 5.74) is 0. The molecule has 0 aromatic carbocycles. The van der Waals surface area contributed by atoms with Crippen LogP contribution < -0.4 is 0 Å². The largest absolute Gasteiger partial charge is 0.479 e. The summed E-state index contributed by atoms with van der Waals surface area (Å²) in [6.45, 7) is 3.41. The van der Waals surface area contributed by atoms with Crippen LogP contribution in [0, 0.1) is 0 Å². The first-order valence-corrected chi connectivity index (χ1v) is 3.08. The van der Waals surface area contributed by atoms with Crippen molar-refractivity contribution in [2.24, 2.45) is 0 Å². The molecule has 0 aliphatic rings. The van der Waals surface area contributed by atoms with Crippen molar-refractivity contribution in [3.63, 3.8) is 0 Å². The molecular formula is C7H8N2O2. The third-order valence-electron chi connectivity index (χ3n) is 1.32. The van der Waals surface area contributed by atoms with E-state index in [1.165, 1.54) is 23.2 Å². The van der Waals surface area contributed by atoms with Crippen LogP contribution in [-0.4, -0.2) is 20.6 Å². The number of imidazole rings is 1. The average molecular weight is 152 g/mol. The normalized spacial score (nSPS) is 12.4. The monoisotopic (exact) mass is 152 g/mol. The van der Waals surface area contributed by atoms with Crippen LogP contribution in [0.3, 0.4) is 0 Å². The Morgan fingerprint density at radius 2 is 2.55 bits per heavy atom. The molecule has 11 heavy (non-hydrogen) atoms. The fraction of sp³-hybridized carbons (Fsp3) is 0.143. The molecule has 4 nitrogen and oxygen atoms in total. The molecule has 0 amide bonds. The predicted molar refractivity (Wildman–Crippen MR) is 39.1 cm³/mol. The summed E-state index contributed by atoms with van der Waals surface area (Å²) in [6.07, 6.45) is 5.91. The van der Waals surface area contributed by atoms with Crippen molar-refractivity contribution in [2.45, 2.75) is 6.04 Å². The van der Waals surface area contributed by atoms with Crippen molar-refractivity contribution < 1.29 is 9.90 Å². The second kappa shape index (κ2) is 3.01. The lowest BCUT2D eigenvalue weighted by atomic mass is 10.3. The molecule has 0 saturated carbocycles. The molecule has 0 aliphatic heterocycles. The Labute approximate surface area is 63.8 Å². The van der Waals surface area contributed by atoms with Gasteiger partial charge in [0.15, 0.2) is 0 Å². The van der Waals surface area contributed by atoms with Crippen LogP contribution in [-0.2, 0) is 4.79 Å². The summed E-state index contributed by atoms with van der Waals surface area (Å²) < 4.78 is 1.47. The van der Waals surface area contributed by atoms with E-state index in [2.05, 4.69) is 11.6 Å². The van der Waals surface area contributed by atoms with Gasteiger partial charge in [0.1, 0.15) is 6.04 Å². The third kappa shape index (κ3) is 1.46. The quantitative estimate of drug-likeness (QED) is 0.648. The number of hydrogen-bond acceptors (Lipinski definition) is 2. The Morgan fingerprint density at radius 3 is 2.91 bits per heavy atom. The van der Waals surface area contributed by atoms with Crippen LogP contribution in [0.5, 0.6) is 0 Å². The molecule has 0 bridgehead atoms. The molecule has 1 atom stereocenters. The van der Waals surface area contributed by atoms with Crippen LogP contribution >= 0.6 is 0 Å². The van der Waals surface area contributed by atoms with Crippen molar-refractivity contribution in [3.8, 4) is 0 Å². The predicted octanol–water partition coefficient (Wildman–Crippen LogP) is 0.695. The highest BCUT2D eigenvalue weighted by Crippen LogP contribution is 2.05. The van der Waals surface area contributed by atoms with Crippen LogP contribution in [0.15, 0.2) is 31.4 Å². The standard InChI is InChI=1S/C7H8N2O2/c1-2-6(7(10)11)9-4-3-8-5-9/h2-6H,1H2,(H,10,11). The molecule has 1 unspecified atom stereocenters. The molecule has 0 aliphatic carbocycles. The maximum Gasteiger partial charge on any atom is 0.330 e. The van der Waals surface area contributed by atoms with Crippen molar-refractivity contribution >= 4 is 5.97 Å². The number of carbonyl (C=O) groups is 1. The molecule has 0 fully saturated rings. The number of nitrogens with zero attached hydrogens (tertiary/aromatic N) is 2. The van der Waals surface area contributed by atoms with E-state index in [0.29, 0.717) is 0 Å². The van der Waals surface area contributed by atoms with Crippen LogP contribution in [0.25, 0.3) is 0 Å². The molecule has 1 heterocycles. The van der Waals surface area contributed by atoms with Crippen molar-refractivity contribution in [3.05, 3.63) is 31.4 Å². The summed E-state index contributed by atoms with van der Waals surface area (Å²) >= 11 is 0. The molecular weight excluding hydrogens is 144 g/mol. The molecule has 0 spiro atoms. The molecule has 4 heteroatoms. The SMILES string of the molecule is C=CC(C(=O)O)n1ccnc1. The summed E-state index contributed by atoms with van der Waals surface area (Å²) in [7, 11) is 0. The average Bonchev–Trinajstić information content (AvgIpc) is 2.40. The van der Waals surface area contributed by atoms with Gasteiger partial charge in [-0.25, -0.2) is 9.78 Å². The first-order chi connectivity index (χ1) is 5.25. The fourth-order valence-electron chi connectivity index (χ4n) is 0.784. The van der Waals surface area contributed by atoms with Crippen molar-refractivity contribution in [2.75, 3.05) is 0 Å². The zero-order chi connectivity index (χ0) is 8.27. The second-order valence-electron chi connectivity index (χ2n) is 2.03. The van der Waals surface area contributed by atoms with E-state index in [9.17, 15) is 4.79 Å². The van der Waals surface area contributed by atoms with E-state index in [1.807, 2.05) is 0 Å². The maximum absolute atomic E-state index is 10.5. The van der Waals surface area contributed by atoms with E-state index in [-0.39, 0.29) is 0 Å². The van der Waals surface area contributed by atoms with Gasteiger partial charge < -0.3 is 9.67 Å².